The molecule has 2 rings (SSSR count). The Morgan fingerprint density at radius 1 is 1.56 bits per heavy atom. The Balaban J connectivity index is 2.17. The van der Waals surface area contributed by atoms with Crippen molar-refractivity contribution in [3.63, 3.8) is 0 Å². The van der Waals surface area contributed by atoms with Gasteiger partial charge in [0.2, 0.25) is 0 Å². The first-order chi connectivity index (χ1) is 4.31. The Labute approximate surface area is 59.5 Å². The molecule has 0 aromatic heterocycles. The molecule has 2 saturated heterocycles. The second kappa shape index (κ2) is 1.87. The molecule has 52 valence electrons. The molecule has 0 amide bonds. The van der Waals surface area contributed by atoms with Gasteiger partial charge in [-0.3, -0.25) is 4.90 Å². The molecular weight excluding hydrogens is 134 g/mol. The van der Waals surface area contributed by atoms with Gasteiger partial charge in [-0.2, -0.15) is 0 Å². The van der Waals surface area contributed by atoms with Crippen molar-refractivity contribution in [2.24, 2.45) is 0 Å². The molecular formula is C6H11NOS. The van der Waals surface area contributed by atoms with Gasteiger partial charge >= 0.3 is 0 Å². The Hall–Kier alpha value is 0.270. The van der Waals surface area contributed by atoms with Gasteiger partial charge in [-0.1, -0.05) is 0 Å². The van der Waals surface area contributed by atoms with E-state index in [2.05, 4.69) is 11.8 Å². The van der Waals surface area contributed by atoms with Crippen LogP contribution < -0.4 is 0 Å². The minimum atomic E-state index is 0.0556. The quantitative estimate of drug-likeness (QED) is 0.499. The summed E-state index contributed by atoms with van der Waals surface area (Å²) < 4.78 is 5.55. The van der Waals surface area contributed by atoms with Crippen LogP contribution in [0.4, 0.5) is 0 Å². The normalized spacial score (nSPS) is 43.7. The van der Waals surface area contributed by atoms with Crippen molar-refractivity contribution in [2.75, 3.05) is 25.4 Å². The van der Waals surface area contributed by atoms with Crippen LogP contribution in [0.1, 0.15) is 6.92 Å². The number of rotatable bonds is 0. The summed E-state index contributed by atoms with van der Waals surface area (Å²) in [4.78, 5) is 2.40. The van der Waals surface area contributed by atoms with E-state index in [1.165, 1.54) is 12.3 Å². The highest BCUT2D eigenvalue weighted by Gasteiger charge is 2.42. The van der Waals surface area contributed by atoms with E-state index in [4.69, 9.17) is 4.74 Å². The number of nitrogens with zero attached hydrogens (tertiary/aromatic N) is 1. The fraction of sp³-hybridized carbons (Fsp3) is 1.00. The summed E-state index contributed by atoms with van der Waals surface area (Å²) in [6.45, 7) is 5.42. The summed E-state index contributed by atoms with van der Waals surface area (Å²) in [6, 6.07) is 0. The lowest BCUT2D eigenvalue weighted by Crippen LogP contribution is -2.33. The molecule has 1 atom stereocenters. The van der Waals surface area contributed by atoms with E-state index < -0.39 is 0 Å². The van der Waals surface area contributed by atoms with Gasteiger partial charge < -0.3 is 4.74 Å². The van der Waals surface area contributed by atoms with Crippen molar-refractivity contribution in [3.05, 3.63) is 0 Å². The fourth-order valence-corrected chi connectivity index (χ4v) is 2.65. The fourth-order valence-electron chi connectivity index (χ4n) is 1.43. The minimum absolute atomic E-state index is 0.0556. The maximum atomic E-state index is 5.55. The number of fused-ring (bicyclic) bond motifs is 1. The standard InChI is InChI=1S/C6H11NOS/c1-6-7(2-4-8-6)3-5-9-6/h2-5H2,1H3/t6-/m0/s1. The molecule has 2 aliphatic rings. The molecule has 0 unspecified atom stereocenters. The average molecular weight is 145 g/mol. The summed E-state index contributed by atoms with van der Waals surface area (Å²) in [5.41, 5.74) is 0. The van der Waals surface area contributed by atoms with E-state index in [1.54, 1.807) is 0 Å². The zero-order valence-corrected chi connectivity index (χ0v) is 6.41. The molecule has 2 fully saturated rings. The lowest BCUT2D eigenvalue weighted by molar-refractivity contribution is 0.0282. The Morgan fingerprint density at radius 3 is 3.22 bits per heavy atom. The van der Waals surface area contributed by atoms with Crippen LogP contribution >= 0.6 is 11.8 Å². The highest BCUT2D eigenvalue weighted by Crippen LogP contribution is 2.39. The van der Waals surface area contributed by atoms with Gasteiger partial charge in [-0.15, -0.1) is 11.8 Å². The summed E-state index contributed by atoms with van der Waals surface area (Å²) in [6.07, 6.45) is 0. The van der Waals surface area contributed by atoms with E-state index in [9.17, 15) is 0 Å². The van der Waals surface area contributed by atoms with Gasteiger partial charge in [-0.05, 0) is 6.92 Å². The number of ether oxygens (including phenoxy) is 1. The predicted octanol–water partition coefficient (Wildman–Crippen LogP) is 0.739. The Morgan fingerprint density at radius 2 is 2.44 bits per heavy atom. The van der Waals surface area contributed by atoms with Gasteiger partial charge in [0.05, 0.1) is 6.61 Å². The van der Waals surface area contributed by atoms with Crippen LogP contribution in [0.2, 0.25) is 0 Å². The van der Waals surface area contributed by atoms with E-state index in [1.807, 2.05) is 11.8 Å². The van der Waals surface area contributed by atoms with Crippen molar-refractivity contribution in [2.45, 2.75) is 12.0 Å². The van der Waals surface area contributed by atoms with Crippen molar-refractivity contribution >= 4 is 11.8 Å². The zero-order chi connectivity index (χ0) is 6.32. The average Bonchev–Trinajstić information content (AvgIpc) is 2.22. The molecule has 0 spiro atoms. The molecule has 0 N–H and O–H groups in total. The molecule has 0 aromatic carbocycles. The van der Waals surface area contributed by atoms with Crippen molar-refractivity contribution < 1.29 is 4.74 Å². The third-order valence-electron chi connectivity index (χ3n) is 2.04. The van der Waals surface area contributed by atoms with Gasteiger partial charge in [-0.25, -0.2) is 0 Å². The highest BCUT2D eigenvalue weighted by atomic mass is 32.2. The third kappa shape index (κ3) is 0.791. The maximum absolute atomic E-state index is 5.55. The Bertz CT molecular complexity index is 118. The molecule has 2 nitrogen and oxygen atoms in total. The first-order valence-corrected chi connectivity index (χ1v) is 4.33. The number of thioether (sulfide) groups is 1. The molecule has 0 saturated carbocycles. The number of hydrogen-bond donors (Lipinski definition) is 0. The maximum Gasteiger partial charge on any atom is 0.167 e. The van der Waals surface area contributed by atoms with E-state index in [-0.39, 0.29) is 5.06 Å². The Kier molecular flexibility index (Phi) is 1.25. The molecule has 9 heavy (non-hydrogen) atoms. The summed E-state index contributed by atoms with van der Waals surface area (Å²) in [7, 11) is 0. The first kappa shape index (κ1) is 6.01. The van der Waals surface area contributed by atoms with Gasteiger partial charge in [0.1, 0.15) is 0 Å². The van der Waals surface area contributed by atoms with E-state index in [0.29, 0.717) is 0 Å². The molecule has 0 aromatic rings. The minimum Gasteiger partial charge on any atom is -0.350 e. The zero-order valence-electron chi connectivity index (χ0n) is 5.59. The van der Waals surface area contributed by atoms with Crippen LogP contribution in [0, 0.1) is 0 Å². The molecule has 3 heteroatoms. The first-order valence-electron chi connectivity index (χ1n) is 3.34. The highest BCUT2D eigenvalue weighted by molar-refractivity contribution is 8.00. The SMILES string of the molecule is C[C@@]12OCCN1CCS2. The van der Waals surface area contributed by atoms with Crippen LogP contribution in [0.25, 0.3) is 0 Å². The summed E-state index contributed by atoms with van der Waals surface area (Å²) in [5.74, 6) is 1.23. The lowest BCUT2D eigenvalue weighted by atomic mass is 10.5. The third-order valence-corrected chi connectivity index (χ3v) is 3.33. The van der Waals surface area contributed by atoms with Crippen LogP contribution in [-0.2, 0) is 4.74 Å². The van der Waals surface area contributed by atoms with Crippen LogP contribution in [0.5, 0.6) is 0 Å². The lowest BCUT2D eigenvalue weighted by Gasteiger charge is -2.23. The number of hydrogen-bond acceptors (Lipinski definition) is 3. The summed E-state index contributed by atoms with van der Waals surface area (Å²) >= 11 is 1.92. The van der Waals surface area contributed by atoms with Crippen molar-refractivity contribution in [3.8, 4) is 0 Å². The van der Waals surface area contributed by atoms with Crippen LogP contribution in [0.3, 0.4) is 0 Å². The van der Waals surface area contributed by atoms with Crippen molar-refractivity contribution in [1.82, 2.24) is 4.90 Å². The van der Waals surface area contributed by atoms with Gasteiger partial charge in [0, 0.05) is 18.8 Å². The van der Waals surface area contributed by atoms with Crippen LogP contribution in [0.15, 0.2) is 0 Å². The van der Waals surface area contributed by atoms with Gasteiger partial charge in [0.25, 0.3) is 0 Å². The van der Waals surface area contributed by atoms with Crippen LogP contribution in [-0.4, -0.2) is 35.4 Å². The van der Waals surface area contributed by atoms with Gasteiger partial charge in [0.15, 0.2) is 5.06 Å². The smallest absolute Gasteiger partial charge is 0.167 e. The molecule has 2 heterocycles. The molecule has 0 radical (unpaired) electrons. The second-order valence-corrected chi connectivity index (χ2v) is 4.04. The van der Waals surface area contributed by atoms with E-state index in [0.717, 1.165) is 13.2 Å². The monoisotopic (exact) mass is 145 g/mol. The molecule has 2 aliphatic heterocycles. The molecule has 0 bridgehead atoms. The molecule has 0 aliphatic carbocycles. The van der Waals surface area contributed by atoms with Crippen molar-refractivity contribution in [1.29, 1.82) is 0 Å². The largest absolute Gasteiger partial charge is 0.350 e. The topological polar surface area (TPSA) is 12.5 Å². The summed E-state index contributed by atoms with van der Waals surface area (Å²) in [5, 5.41) is 0.0556. The second-order valence-electron chi connectivity index (χ2n) is 2.58. The predicted molar refractivity (Wildman–Crippen MR) is 38.4 cm³/mol. The van der Waals surface area contributed by atoms with E-state index >= 15 is 0 Å².